The molecule has 53 heavy (non-hydrogen) atoms. The van der Waals surface area contributed by atoms with Gasteiger partial charge in [0.25, 0.3) is 0 Å². The van der Waals surface area contributed by atoms with Crippen LogP contribution in [0.4, 0.5) is 0 Å². The molecule has 0 aromatic heterocycles. The molecule has 0 aliphatic heterocycles. The molecule has 0 radical (unpaired) electrons. The molecule has 1 aliphatic rings. The number of benzene rings is 10. The highest BCUT2D eigenvalue weighted by Gasteiger charge is 2.36. The topological polar surface area (TPSA) is 0 Å². The average Bonchev–Trinajstić information content (AvgIpc) is 3.44. The van der Waals surface area contributed by atoms with Crippen molar-refractivity contribution in [2.75, 3.05) is 0 Å². The first-order valence-electron chi connectivity index (χ1n) is 18.7. The van der Waals surface area contributed by atoms with Gasteiger partial charge in [0.05, 0.1) is 0 Å². The number of hydrogen-bond donors (Lipinski definition) is 0. The molecule has 0 unspecified atom stereocenters. The van der Waals surface area contributed by atoms with E-state index in [1.807, 2.05) is 0 Å². The third kappa shape index (κ3) is 4.62. The molecule has 248 valence electrons. The number of hydrogen-bond acceptors (Lipinski definition) is 0. The summed E-state index contributed by atoms with van der Waals surface area (Å²) in [5.41, 5.74) is 15.3. The SMILES string of the molecule is CC1(C)c2cc(-c3cc(-c4ccccc4)cc(-c4ccc5ccccc5c4)c3)ccc2-c2ccc(-c3ccc4ccc5cccc6ccc3c4c56)cc21. The molecule has 0 fully saturated rings. The number of rotatable bonds is 4. The summed E-state index contributed by atoms with van der Waals surface area (Å²) in [6.45, 7) is 4.80. The van der Waals surface area contributed by atoms with E-state index in [1.54, 1.807) is 0 Å². The van der Waals surface area contributed by atoms with Gasteiger partial charge in [0.2, 0.25) is 0 Å². The summed E-state index contributed by atoms with van der Waals surface area (Å²) in [7, 11) is 0. The molecule has 10 aromatic rings. The molecule has 0 heteroatoms. The van der Waals surface area contributed by atoms with E-state index in [0.717, 1.165) is 0 Å². The molecule has 10 aromatic carbocycles. The van der Waals surface area contributed by atoms with E-state index in [-0.39, 0.29) is 5.41 Å². The van der Waals surface area contributed by atoms with E-state index in [9.17, 15) is 0 Å². The van der Waals surface area contributed by atoms with Crippen LogP contribution in [0, 0.1) is 0 Å². The molecule has 0 heterocycles. The lowest BCUT2D eigenvalue weighted by molar-refractivity contribution is 0.661. The zero-order chi connectivity index (χ0) is 35.3. The normalized spacial score (nSPS) is 13.2. The summed E-state index contributed by atoms with van der Waals surface area (Å²) in [6.07, 6.45) is 0. The Morgan fingerprint density at radius 3 is 1.51 bits per heavy atom. The van der Waals surface area contributed by atoms with Crippen LogP contribution in [0.3, 0.4) is 0 Å². The first-order valence-corrected chi connectivity index (χ1v) is 18.7. The minimum atomic E-state index is -0.154. The Hall–Kier alpha value is -6.50. The minimum absolute atomic E-state index is 0.154. The zero-order valence-corrected chi connectivity index (χ0v) is 29.8. The second-order valence-electron chi connectivity index (χ2n) is 15.3. The predicted octanol–water partition coefficient (Wildman–Crippen LogP) is 14.7. The van der Waals surface area contributed by atoms with E-state index < -0.39 is 0 Å². The van der Waals surface area contributed by atoms with Crippen LogP contribution in [0.2, 0.25) is 0 Å². The van der Waals surface area contributed by atoms with Crippen LogP contribution in [0.15, 0.2) is 182 Å². The van der Waals surface area contributed by atoms with Crippen molar-refractivity contribution in [2.24, 2.45) is 0 Å². The standard InChI is InChI=1S/C53H36/c1-53(2)49-31-40(44-29-42(33-9-4-3-5-10-33)28-43(30-44)39-18-15-34-11-6-7-12-38(34)27-39)21-24-46(49)47-25-22-41(32-50(47)53)45-23-19-37-17-16-35-13-8-14-36-20-26-48(45)52(37)51(35)36/h3-32H,1-2H3. The van der Waals surface area contributed by atoms with Gasteiger partial charge in [0.15, 0.2) is 0 Å². The second-order valence-corrected chi connectivity index (χ2v) is 15.3. The van der Waals surface area contributed by atoms with E-state index in [4.69, 9.17) is 0 Å². The van der Waals surface area contributed by atoms with Crippen LogP contribution in [-0.2, 0) is 5.41 Å². The van der Waals surface area contributed by atoms with Crippen LogP contribution in [0.5, 0.6) is 0 Å². The lowest BCUT2D eigenvalue weighted by Gasteiger charge is -2.23. The fourth-order valence-electron chi connectivity index (χ4n) is 9.20. The third-order valence-electron chi connectivity index (χ3n) is 12.0. The summed E-state index contributed by atoms with van der Waals surface area (Å²) in [5.74, 6) is 0. The lowest BCUT2D eigenvalue weighted by atomic mass is 9.80. The third-order valence-corrected chi connectivity index (χ3v) is 12.0. The van der Waals surface area contributed by atoms with Crippen molar-refractivity contribution in [3.8, 4) is 55.6 Å². The predicted molar refractivity (Wildman–Crippen MR) is 227 cm³/mol. The average molecular weight is 673 g/mol. The van der Waals surface area contributed by atoms with Crippen LogP contribution in [-0.4, -0.2) is 0 Å². The van der Waals surface area contributed by atoms with Crippen LogP contribution in [0.1, 0.15) is 25.0 Å². The van der Waals surface area contributed by atoms with Crippen LogP contribution < -0.4 is 0 Å². The first-order chi connectivity index (χ1) is 26.0. The molecule has 1 aliphatic carbocycles. The summed E-state index contributed by atoms with van der Waals surface area (Å²) in [5, 5.41) is 10.5. The summed E-state index contributed by atoms with van der Waals surface area (Å²) >= 11 is 0. The number of fused-ring (bicyclic) bond motifs is 4. The highest BCUT2D eigenvalue weighted by Crippen LogP contribution is 2.51. The van der Waals surface area contributed by atoms with Crippen molar-refractivity contribution in [3.05, 3.63) is 193 Å². The van der Waals surface area contributed by atoms with E-state index in [1.165, 1.54) is 110 Å². The van der Waals surface area contributed by atoms with Crippen LogP contribution in [0.25, 0.3) is 98.7 Å². The van der Waals surface area contributed by atoms with Crippen molar-refractivity contribution >= 4 is 43.1 Å². The molecule has 0 nitrogen and oxygen atoms in total. The van der Waals surface area contributed by atoms with E-state index in [2.05, 4.69) is 196 Å². The summed E-state index contributed by atoms with van der Waals surface area (Å²) < 4.78 is 0. The Labute approximate surface area is 310 Å². The molecule has 11 rings (SSSR count). The molecular formula is C53H36. The lowest BCUT2D eigenvalue weighted by Crippen LogP contribution is -2.15. The van der Waals surface area contributed by atoms with Gasteiger partial charge in [-0.05, 0) is 146 Å². The van der Waals surface area contributed by atoms with Gasteiger partial charge in [0.1, 0.15) is 0 Å². The molecule has 0 amide bonds. The van der Waals surface area contributed by atoms with Gasteiger partial charge in [-0.25, -0.2) is 0 Å². The largest absolute Gasteiger partial charge is 0.0622 e. The van der Waals surface area contributed by atoms with E-state index >= 15 is 0 Å². The molecule has 0 N–H and O–H groups in total. The van der Waals surface area contributed by atoms with Crippen LogP contribution >= 0.6 is 0 Å². The van der Waals surface area contributed by atoms with Gasteiger partial charge in [0, 0.05) is 5.41 Å². The van der Waals surface area contributed by atoms with E-state index in [0.29, 0.717) is 0 Å². The van der Waals surface area contributed by atoms with Crippen molar-refractivity contribution < 1.29 is 0 Å². The first kappa shape index (κ1) is 30.2. The van der Waals surface area contributed by atoms with Crippen molar-refractivity contribution in [2.45, 2.75) is 19.3 Å². The molecule has 0 saturated carbocycles. The molecule has 0 spiro atoms. The zero-order valence-electron chi connectivity index (χ0n) is 29.8. The Kier molecular flexibility index (Phi) is 6.40. The van der Waals surface area contributed by atoms with Crippen molar-refractivity contribution in [1.29, 1.82) is 0 Å². The maximum atomic E-state index is 2.47. The van der Waals surface area contributed by atoms with Gasteiger partial charge < -0.3 is 0 Å². The fraction of sp³-hybridized carbons (Fsp3) is 0.0566. The van der Waals surface area contributed by atoms with Gasteiger partial charge in [-0.1, -0.05) is 159 Å². The highest BCUT2D eigenvalue weighted by atomic mass is 14.4. The fourth-order valence-corrected chi connectivity index (χ4v) is 9.20. The highest BCUT2D eigenvalue weighted by molar-refractivity contribution is 6.25. The van der Waals surface area contributed by atoms with Crippen molar-refractivity contribution in [3.63, 3.8) is 0 Å². The summed E-state index contributed by atoms with van der Waals surface area (Å²) in [6, 6.07) is 68.0. The van der Waals surface area contributed by atoms with Gasteiger partial charge >= 0.3 is 0 Å². The smallest absolute Gasteiger partial charge is 0.0159 e. The monoisotopic (exact) mass is 672 g/mol. The Balaban J connectivity index is 1.03. The molecular weight excluding hydrogens is 637 g/mol. The summed E-state index contributed by atoms with van der Waals surface area (Å²) in [4.78, 5) is 0. The second kappa shape index (κ2) is 11.2. The van der Waals surface area contributed by atoms with Gasteiger partial charge in [-0.2, -0.15) is 0 Å². The molecule has 0 atom stereocenters. The molecule has 0 bridgehead atoms. The van der Waals surface area contributed by atoms with Crippen molar-refractivity contribution in [1.82, 2.24) is 0 Å². The maximum Gasteiger partial charge on any atom is 0.0159 e. The quantitative estimate of drug-likeness (QED) is 0.163. The Morgan fingerprint density at radius 1 is 0.283 bits per heavy atom. The Morgan fingerprint density at radius 2 is 0.774 bits per heavy atom. The minimum Gasteiger partial charge on any atom is -0.0622 e. The molecule has 0 saturated heterocycles. The van der Waals surface area contributed by atoms with Gasteiger partial charge in [-0.3, -0.25) is 0 Å². The Bertz CT molecular complexity index is 3050. The maximum absolute atomic E-state index is 2.47. The van der Waals surface area contributed by atoms with Gasteiger partial charge in [-0.15, -0.1) is 0 Å².